The summed E-state index contributed by atoms with van der Waals surface area (Å²) in [5, 5.41) is 6.44. The molecule has 0 radical (unpaired) electrons. The first kappa shape index (κ1) is 15.6. The number of rotatable bonds is 3. The molecule has 0 aliphatic carbocycles. The van der Waals surface area contributed by atoms with Gasteiger partial charge in [0.15, 0.2) is 5.69 Å². The number of nitrogens with one attached hydrogen (secondary N) is 1. The van der Waals surface area contributed by atoms with Gasteiger partial charge in [0.25, 0.3) is 5.91 Å². The second-order valence-electron chi connectivity index (χ2n) is 4.21. The van der Waals surface area contributed by atoms with E-state index in [1.807, 2.05) is 6.92 Å². The van der Waals surface area contributed by atoms with Crippen molar-refractivity contribution in [1.29, 1.82) is 0 Å². The standard InChI is InChI=1S/C13H11BrF3N3O/c1-2-20-7-10(14)11(19-20)12(21)18-9-5-3-4-8(6-9)13(15,16)17/h3-7H,2H2,1H3,(H,18,21). The van der Waals surface area contributed by atoms with E-state index >= 15 is 0 Å². The van der Waals surface area contributed by atoms with Crippen LogP contribution >= 0.6 is 15.9 Å². The lowest BCUT2D eigenvalue weighted by Crippen LogP contribution is -2.14. The van der Waals surface area contributed by atoms with Crippen molar-refractivity contribution < 1.29 is 18.0 Å². The quantitative estimate of drug-likeness (QED) is 0.899. The molecule has 1 heterocycles. The Morgan fingerprint density at radius 3 is 2.71 bits per heavy atom. The highest BCUT2D eigenvalue weighted by atomic mass is 79.9. The molecule has 0 bridgehead atoms. The van der Waals surface area contributed by atoms with Gasteiger partial charge in [-0.3, -0.25) is 9.48 Å². The van der Waals surface area contributed by atoms with E-state index in [9.17, 15) is 18.0 Å². The average Bonchev–Trinajstić information content (AvgIpc) is 2.79. The minimum atomic E-state index is -4.45. The summed E-state index contributed by atoms with van der Waals surface area (Å²) in [6.07, 6.45) is -2.83. The predicted molar refractivity (Wildman–Crippen MR) is 75.0 cm³/mol. The first-order valence-corrected chi connectivity index (χ1v) is 6.82. The van der Waals surface area contributed by atoms with Crippen molar-refractivity contribution in [2.45, 2.75) is 19.6 Å². The van der Waals surface area contributed by atoms with Crippen LogP contribution in [0.2, 0.25) is 0 Å². The van der Waals surface area contributed by atoms with Gasteiger partial charge in [0.2, 0.25) is 0 Å². The summed E-state index contributed by atoms with van der Waals surface area (Å²) in [5.41, 5.74) is -0.638. The van der Waals surface area contributed by atoms with Crippen molar-refractivity contribution >= 4 is 27.5 Å². The topological polar surface area (TPSA) is 46.9 Å². The summed E-state index contributed by atoms with van der Waals surface area (Å²) in [7, 11) is 0. The number of aromatic nitrogens is 2. The summed E-state index contributed by atoms with van der Waals surface area (Å²) in [6.45, 7) is 2.43. The Hall–Kier alpha value is -1.83. The van der Waals surface area contributed by atoms with Crippen LogP contribution in [0, 0.1) is 0 Å². The number of hydrogen-bond acceptors (Lipinski definition) is 2. The zero-order chi connectivity index (χ0) is 15.6. The Bertz CT molecular complexity index is 667. The molecule has 1 amide bonds. The number of anilines is 1. The molecule has 1 aromatic carbocycles. The highest BCUT2D eigenvalue weighted by Crippen LogP contribution is 2.30. The van der Waals surface area contributed by atoms with Crippen LogP contribution in [0.3, 0.4) is 0 Å². The number of hydrogen-bond donors (Lipinski definition) is 1. The fourth-order valence-electron chi connectivity index (χ4n) is 1.68. The summed E-state index contributed by atoms with van der Waals surface area (Å²) in [6, 6.07) is 4.44. The molecule has 0 aliphatic heterocycles. The van der Waals surface area contributed by atoms with Crippen molar-refractivity contribution in [3.63, 3.8) is 0 Å². The van der Waals surface area contributed by atoms with Crippen molar-refractivity contribution in [1.82, 2.24) is 9.78 Å². The molecular formula is C13H11BrF3N3O. The summed E-state index contributed by atoms with van der Waals surface area (Å²) in [5.74, 6) is -0.576. The van der Waals surface area contributed by atoms with E-state index in [2.05, 4.69) is 26.3 Å². The highest BCUT2D eigenvalue weighted by molar-refractivity contribution is 9.10. The molecule has 4 nitrogen and oxygen atoms in total. The first-order chi connectivity index (χ1) is 9.81. The first-order valence-electron chi connectivity index (χ1n) is 6.03. The molecule has 112 valence electrons. The van der Waals surface area contributed by atoms with Crippen LogP contribution in [0.1, 0.15) is 23.0 Å². The fraction of sp³-hybridized carbons (Fsp3) is 0.231. The van der Waals surface area contributed by atoms with Crippen LogP contribution in [0.4, 0.5) is 18.9 Å². The van der Waals surface area contributed by atoms with Crippen molar-refractivity contribution in [2.75, 3.05) is 5.32 Å². The molecular weight excluding hydrogens is 351 g/mol. The van der Waals surface area contributed by atoms with Gasteiger partial charge in [0.05, 0.1) is 10.0 Å². The molecule has 0 saturated heterocycles. The Morgan fingerprint density at radius 1 is 1.43 bits per heavy atom. The SMILES string of the molecule is CCn1cc(Br)c(C(=O)Nc2cccc(C(F)(F)F)c2)n1. The highest BCUT2D eigenvalue weighted by Gasteiger charge is 2.30. The Morgan fingerprint density at radius 2 is 2.14 bits per heavy atom. The maximum atomic E-state index is 12.6. The van der Waals surface area contributed by atoms with Gasteiger partial charge >= 0.3 is 6.18 Å². The van der Waals surface area contributed by atoms with Gasteiger partial charge < -0.3 is 5.32 Å². The molecule has 0 saturated carbocycles. The number of benzene rings is 1. The van der Waals surface area contributed by atoms with Crippen LogP contribution in [0.15, 0.2) is 34.9 Å². The van der Waals surface area contributed by atoms with E-state index in [4.69, 9.17) is 0 Å². The van der Waals surface area contributed by atoms with E-state index in [-0.39, 0.29) is 11.4 Å². The van der Waals surface area contributed by atoms with Gasteiger partial charge in [0, 0.05) is 18.4 Å². The molecule has 0 spiro atoms. The van der Waals surface area contributed by atoms with Crippen LogP contribution in [-0.4, -0.2) is 15.7 Å². The molecule has 2 rings (SSSR count). The minimum absolute atomic E-state index is 0.0628. The molecule has 1 N–H and O–H groups in total. The van der Waals surface area contributed by atoms with E-state index in [1.54, 1.807) is 10.9 Å². The predicted octanol–water partition coefficient (Wildman–Crippen LogP) is 3.94. The summed E-state index contributed by atoms with van der Waals surface area (Å²) in [4.78, 5) is 12.0. The fourth-order valence-corrected chi connectivity index (χ4v) is 2.17. The number of carbonyl (C=O) groups is 1. The third-order valence-corrected chi connectivity index (χ3v) is 3.28. The van der Waals surface area contributed by atoms with Gasteiger partial charge in [-0.1, -0.05) is 6.07 Å². The van der Waals surface area contributed by atoms with Gasteiger partial charge in [-0.05, 0) is 41.1 Å². The zero-order valence-electron chi connectivity index (χ0n) is 10.9. The Labute approximate surface area is 127 Å². The molecule has 0 atom stereocenters. The van der Waals surface area contributed by atoms with Gasteiger partial charge in [-0.25, -0.2) is 0 Å². The second-order valence-corrected chi connectivity index (χ2v) is 5.07. The van der Waals surface area contributed by atoms with E-state index < -0.39 is 17.6 Å². The van der Waals surface area contributed by atoms with Crippen molar-refractivity contribution in [3.05, 3.63) is 46.2 Å². The van der Waals surface area contributed by atoms with Crippen LogP contribution < -0.4 is 5.32 Å². The normalized spacial score (nSPS) is 11.5. The van der Waals surface area contributed by atoms with Gasteiger partial charge in [0.1, 0.15) is 0 Å². The lowest BCUT2D eigenvalue weighted by atomic mass is 10.2. The Kier molecular flexibility index (Phi) is 4.36. The van der Waals surface area contributed by atoms with Gasteiger partial charge in [-0.15, -0.1) is 0 Å². The molecule has 2 aromatic rings. The smallest absolute Gasteiger partial charge is 0.321 e. The van der Waals surface area contributed by atoms with Crippen molar-refractivity contribution in [3.8, 4) is 0 Å². The minimum Gasteiger partial charge on any atom is -0.321 e. The lowest BCUT2D eigenvalue weighted by molar-refractivity contribution is -0.137. The Balaban J connectivity index is 2.21. The molecule has 21 heavy (non-hydrogen) atoms. The van der Waals surface area contributed by atoms with E-state index in [1.165, 1.54) is 12.1 Å². The number of alkyl halides is 3. The number of amides is 1. The summed E-state index contributed by atoms with van der Waals surface area (Å²) >= 11 is 3.19. The zero-order valence-corrected chi connectivity index (χ0v) is 12.5. The maximum Gasteiger partial charge on any atom is 0.416 e. The molecule has 0 aliphatic rings. The lowest BCUT2D eigenvalue weighted by Gasteiger charge is -2.09. The number of aryl methyl sites for hydroxylation is 1. The van der Waals surface area contributed by atoms with Crippen LogP contribution in [0.5, 0.6) is 0 Å². The third-order valence-electron chi connectivity index (χ3n) is 2.70. The third kappa shape index (κ3) is 3.63. The van der Waals surface area contributed by atoms with E-state index in [0.29, 0.717) is 11.0 Å². The van der Waals surface area contributed by atoms with Gasteiger partial charge in [-0.2, -0.15) is 18.3 Å². The summed E-state index contributed by atoms with van der Waals surface area (Å²) < 4.78 is 39.8. The largest absolute Gasteiger partial charge is 0.416 e. The average molecular weight is 362 g/mol. The second kappa shape index (κ2) is 5.88. The molecule has 0 fully saturated rings. The molecule has 8 heteroatoms. The van der Waals surface area contributed by atoms with Crippen LogP contribution in [0.25, 0.3) is 0 Å². The number of nitrogens with zero attached hydrogens (tertiary/aromatic N) is 2. The molecule has 1 aromatic heterocycles. The van der Waals surface area contributed by atoms with E-state index in [0.717, 1.165) is 12.1 Å². The van der Waals surface area contributed by atoms with Crippen LogP contribution in [-0.2, 0) is 12.7 Å². The monoisotopic (exact) mass is 361 g/mol. The van der Waals surface area contributed by atoms with Crippen molar-refractivity contribution in [2.24, 2.45) is 0 Å². The maximum absolute atomic E-state index is 12.6. The molecule has 0 unspecified atom stereocenters. The number of halogens is 4. The number of carbonyl (C=O) groups excluding carboxylic acids is 1.